The summed E-state index contributed by atoms with van der Waals surface area (Å²) in [7, 11) is 0. The third-order valence-corrected chi connectivity index (χ3v) is 5.49. The van der Waals surface area contributed by atoms with Crippen molar-refractivity contribution in [2.24, 2.45) is 11.8 Å². The molecule has 2 heterocycles. The third kappa shape index (κ3) is 19.8. The second-order valence-corrected chi connectivity index (χ2v) is 9.05. The molecular weight excluding hydrogens is 554 g/mol. The van der Waals surface area contributed by atoms with Gasteiger partial charge in [0, 0.05) is 31.5 Å². The minimum Gasteiger partial charge on any atom is -0.465 e. The Hall–Kier alpha value is -3.16. The van der Waals surface area contributed by atoms with E-state index in [1.54, 1.807) is 20.8 Å². The number of Topliss-reactive ketones (excluding diaryl/α,β-unsaturated/α-hetero) is 4. The summed E-state index contributed by atoms with van der Waals surface area (Å²) in [6.45, 7) is 8.44. The lowest BCUT2D eigenvalue weighted by Gasteiger charge is -2.42. The quantitative estimate of drug-likeness (QED) is 0.139. The predicted octanol–water partition coefficient (Wildman–Crippen LogP) is 1.32. The maximum atomic E-state index is 12.5. The van der Waals surface area contributed by atoms with Crippen molar-refractivity contribution >= 4 is 47.6 Å². The molecule has 4 atom stereocenters. The monoisotopic (exact) mass is 605 g/mol. The zero-order valence-electron chi connectivity index (χ0n) is 24.8. The average molecular weight is 606 g/mol. The van der Waals surface area contributed by atoms with E-state index < -0.39 is 23.8 Å². The van der Waals surface area contributed by atoms with Gasteiger partial charge in [-0.05, 0) is 53.9 Å². The third-order valence-electron chi connectivity index (χ3n) is 5.49. The van der Waals surface area contributed by atoms with Crippen LogP contribution in [0.4, 0.5) is 0 Å². The maximum Gasteiger partial charge on any atom is 0.318 e. The molecule has 0 radical (unpaired) electrons. The molecule has 0 aromatic rings. The molecule has 2 rings (SSSR count). The molecule has 42 heavy (non-hydrogen) atoms. The molecule has 0 aromatic heterocycles. The minimum absolute atomic E-state index is 0. The Morgan fingerprint density at radius 3 is 1.48 bits per heavy atom. The number of nitrogens with one attached hydrogen (secondary N) is 1. The second kappa shape index (κ2) is 28.0. The first kappa shape index (κ1) is 45.8. The van der Waals surface area contributed by atoms with Crippen LogP contribution in [-0.4, -0.2) is 90.1 Å². The number of aliphatic hydroxyl groups excluding tert-OH is 1. The number of aliphatic hydroxyl groups is 1. The predicted molar refractivity (Wildman–Crippen MR) is 155 cm³/mol. The Kier molecular flexibility index (Phi) is 30.5. The first-order valence-electron chi connectivity index (χ1n) is 13.6. The van der Waals surface area contributed by atoms with Gasteiger partial charge >= 0.3 is 11.9 Å². The van der Waals surface area contributed by atoms with Gasteiger partial charge in [0.25, 0.3) is 0 Å². The van der Waals surface area contributed by atoms with Crippen molar-refractivity contribution in [3.8, 4) is 0 Å². The number of hydrogen-bond acceptors (Lipinski definition) is 12. The molecule has 2 bridgehead atoms. The van der Waals surface area contributed by atoms with Crippen LogP contribution in [0.25, 0.3) is 0 Å². The Morgan fingerprint density at radius 1 is 0.833 bits per heavy atom. The van der Waals surface area contributed by atoms with Gasteiger partial charge in [-0.2, -0.15) is 0 Å². The van der Waals surface area contributed by atoms with Crippen molar-refractivity contribution < 1.29 is 58.4 Å². The average Bonchev–Trinajstić information content (AvgIpc) is 2.85. The van der Waals surface area contributed by atoms with Crippen molar-refractivity contribution in [2.45, 2.75) is 105 Å². The van der Waals surface area contributed by atoms with Crippen LogP contribution in [-0.2, 0) is 47.8 Å². The van der Waals surface area contributed by atoms with Crippen LogP contribution in [0.5, 0.6) is 0 Å². The zero-order chi connectivity index (χ0) is 31.1. The van der Waals surface area contributed by atoms with Crippen LogP contribution in [0.2, 0.25) is 0 Å². The lowest BCUT2D eigenvalue weighted by atomic mass is 9.72. The highest BCUT2D eigenvalue weighted by atomic mass is 16.5. The normalized spacial score (nSPS) is 19.4. The smallest absolute Gasteiger partial charge is 0.318 e. The van der Waals surface area contributed by atoms with Crippen LogP contribution in [0.3, 0.4) is 0 Å². The number of carbonyl (C=O) groups is 8. The summed E-state index contributed by atoms with van der Waals surface area (Å²) in [4.78, 5) is 86.9. The number of rotatable bonds is 12. The number of esters is 2. The number of unbranched alkanes of at least 4 members (excludes halogenated alkanes) is 2. The fourth-order valence-electron chi connectivity index (χ4n) is 4.04. The van der Waals surface area contributed by atoms with Crippen molar-refractivity contribution in [3.05, 3.63) is 0 Å². The molecule has 4 unspecified atom stereocenters. The number of aldehydes is 2. The molecule has 2 fully saturated rings. The van der Waals surface area contributed by atoms with E-state index in [9.17, 15) is 38.4 Å². The van der Waals surface area contributed by atoms with E-state index in [2.05, 4.69) is 5.32 Å². The van der Waals surface area contributed by atoms with Crippen LogP contribution < -0.4 is 5.32 Å². The number of carbonyl (C=O) groups excluding carboxylic acids is 8. The van der Waals surface area contributed by atoms with E-state index in [4.69, 9.17) is 14.6 Å². The van der Waals surface area contributed by atoms with Crippen molar-refractivity contribution in [3.63, 3.8) is 0 Å². The molecular formula is C29H51NO12. The minimum atomic E-state index is -0.888. The molecule has 0 aliphatic carbocycles. The van der Waals surface area contributed by atoms with E-state index >= 15 is 0 Å². The molecule has 2 aliphatic rings. The van der Waals surface area contributed by atoms with Crippen LogP contribution >= 0.6 is 0 Å². The molecule has 0 saturated carbocycles. The molecule has 244 valence electrons. The van der Waals surface area contributed by atoms with E-state index in [1.165, 1.54) is 13.8 Å². The van der Waals surface area contributed by atoms with Crippen molar-refractivity contribution in [1.29, 1.82) is 0 Å². The summed E-state index contributed by atoms with van der Waals surface area (Å²) >= 11 is 0. The van der Waals surface area contributed by atoms with Gasteiger partial charge in [-0.15, -0.1) is 0 Å². The van der Waals surface area contributed by atoms with Gasteiger partial charge in [0.1, 0.15) is 41.8 Å². The Labute approximate surface area is 248 Å². The van der Waals surface area contributed by atoms with Gasteiger partial charge in [0.15, 0.2) is 5.78 Å². The Bertz CT molecular complexity index is 782. The van der Waals surface area contributed by atoms with Crippen LogP contribution in [0.15, 0.2) is 0 Å². The summed E-state index contributed by atoms with van der Waals surface area (Å²) in [6, 6.07) is -0.433. The fraction of sp³-hybridized carbons (Fsp3) is 0.724. The largest absolute Gasteiger partial charge is 0.465 e. The lowest BCUT2D eigenvalue weighted by Crippen LogP contribution is -2.63. The summed E-state index contributed by atoms with van der Waals surface area (Å²) in [5.41, 5.74) is 0. The van der Waals surface area contributed by atoms with Gasteiger partial charge in [-0.25, -0.2) is 0 Å². The molecule has 13 nitrogen and oxygen atoms in total. The highest BCUT2D eigenvalue weighted by Crippen LogP contribution is 2.33. The molecule has 0 aromatic carbocycles. The molecule has 0 amide bonds. The SMILES string of the molecule is C.CC(=O)CC(=O)CC(C)=O.CCO.CCOC(=O)C1C(=O)C(C(=O)OCC)C2CCCC1N2.O.O=CCCCC=O. The first-order valence-corrected chi connectivity index (χ1v) is 13.6. The van der Waals surface area contributed by atoms with Gasteiger partial charge in [-0.3, -0.25) is 28.8 Å². The van der Waals surface area contributed by atoms with Gasteiger partial charge in [0.05, 0.1) is 26.1 Å². The van der Waals surface area contributed by atoms with Gasteiger partial charge in [0.2, 0.25) is 0 Å². The lowest BCUT2D eigenvalue weighted by molar-refractivity contribution is -0.163. The highest BCUT2D eigenvalue weighted by molar-refractivity contribution is 6.10. The van der Waals surface area contributed by atoms with Crippen molar-refractivity contribution in [1.82, 2.24) is 5.32 Å². The number of piperidine rings is 2. The Morgan fingerprint density at radius 2 is 1.19 bits per heavy atom. The van der Waals surface area contributed by atoms with E-state index in [0.29, 0.717) is 19.3 Å². The van der Waals surface area contributed by atoms with E-state index in [1.807, 2.05) is 0 Å². The highest BCUT2D eigenvalue weighted by Gasteiger charge is 2.52. The van der Waals surface area contributed by atoms with Gasteiger partial charge in [-0.1, -0.05) is 13.8 Å². The first-order chi connectivity index (χ1) is 18.9. The van der Waals surface area contributed by atoms with Crippen LogP contribution in [0, 0.1) is 11.8 Å². The van der Waals surface area contributed by atoms with Crippen molar-refractivity contribution in [2.75, 3.05) is 19.8 Å². The summed E-state index contributed by atoms with van der Waals surface area (Å²) in [5.74, 6) is -3.87. The molecule has 13 heteroatoms. The molecule has 4 N–H and O–H groups in total. The molecule has 0 spiro atoms. The topological polar surface area (TPSA) is 219 Å². The molecule has 2 aliphatic heterocycles. The van der Waals surface area contributed by atoms with Gasteiger partial charge < -0.3 is 35.0 Å². The Balaban J connectivity index is -0.000000277. The fourth-order valence-corrected chi connectivity index (χ4v) is 4.04. The number of ether oxygens (including phenoxy) is 2. The summed E-state index contributed by atoms with van der Waals surface area (Å²) in [6.07, 6.45) is 5.54. The summed E-state index contributed by atoms with van der Waals surface area (Å²) in [5, 5.41) is 10.8. The second-order valence-electron chi connectivity index (χ2n) is 9.05. The molecule has 2 saturated heterocycles. The zero-order valence-corrected chi connectivity index (χ0v) is 24.8. The van der Waals surface area contributed by atoms with E-state index in [0.717, 1.165) is 31.8 Å². The number of fused-ring (bicyclic) bond motifs is 2. The number of ketones is 4. The van der Waals surface area contributed by atoms with Crippen LogP contribution in [0.1, 0.15) is 93.4 Å². The van der Waals surface area contributed by atoms with E-state index in [-0.39, 0.29) is 80.8 Å². The maximum absolute atomic E-state index is 12.5. The number of hydrogen-bond donors (Lipinski definition) is 2. The summed E-state index contributed by atoms with van der Waals surface area (Å²) < 4.78 is 9.96. The standard InChI is InChI=1S/C14H21NO5.C7H10O3.C5H8O2.C2H6O.CH4.H2O/c1-3-19-13(17)10-8-6-5-7-9(15-8)11(12(10)16)14(18)20-4-2;1-5(8)3-7(10)4-6(2)9;6-4-2-1-3-5-7;1-2-3;;/h8-11,15H,3-7H2,1-2H3;3-4H2,1-2H3;4-5H,1-3H2;3H,2H2,1H3;1H4;1H2.